The van der Waals surface area contributed by atoms with Gasteiger partial charge in [0, 0.05) is 16.2 Å². The van der Waals surface area contributed by atoms with Crippen LogP contribution in [-0.4, -0.2) is 0 Å². The van der Waals surface area contributed by atoms with Gasteiger partial charge in [0.25, 0.3) is 0 Å². The van der Waals surface area contributed by atoms with Gasteiger partial charge in [-0.1, -0.05) is 244 Å². The molecule has 1 aromatic heterocycles. The Morgan fingerprint density at radius 1 is 0.214 bits per heavy atom. The Morgan fingerprint density at radius 2 is 0.679 bits per heavy atom. The normalized spacial score (nSPS) is 13.0. The summed E-state index contributed by atoms with van der Waals surface area (Å²) in [6.45, 7) is 4.73. The highest BCUT2D eigenvalue weighted by Crippen LogP contribution is 2.51. The summed E-state index contributed by atoms with van der Waals surface area (Å²) in [6, 6.07) is 105. The molecular weight excluding hydrogens is 1010 g/mol. The fourth-order valence-corrected chi connectivity index (χ4v) is 14.9. The summed E-state index contributed by atoms with van der Waals surface area (Å²) in [5.74, 6) is 0. The van der Waals surface area contributed by atoms with Gasteiger partial charge in [0.2, 0.25) is 0 Å². The van der Waals surface area contributed by atoms with E-state index in [9.17, 15) is 0 Å². The molecule has 0 aliphatic heterocycles. The van der Waals surface area contributed by atoms with Crippen molar-refractivity contribution in [1.29, 1.82) is 0 Å². The Labute approximate surface area is 485 Å². The summed E-state index contributed by atoms with van der Waals surface area (Å²) in [5, 5.41) is 22.3. The summed E-state index contributed by atoms with van der Waals surface area (Å²) >= 11 is 0. The molecule has 0 N–H and O–H groups in total. The van der Waals surface area contributed by atoms with Crippen LogP contribution in [0.1, 0.15) is 25.0 Å². The molecule has 1 aliphatic rings. The van der Waals surface area contributed by atoms with E-state index in [1.165, 1.54) is 153 Å². The van der Waals surface area contributed by atoms with Crippen LogP contribution in [0.25, 0.3) is 175 Å². The lowest BCUT2D eigenvalue weighted by atomic mass is 9.81. The topological polar surface area (TPSA) is 13.1 Å². The average molecular weight is 1070 g/mol. The number of rotatable bonds is 5. The second-order valence-corrected chi connectivity index (χ2v) is 23.8. The van der Waals surface area contributed by atoms with Crippen LogP contribution < -0.4 is 0 Å². The first-order chi connectivity index (χ1) is 41.4. The van der Waals surface area contributed by atoms with Crippen molar-refractivity contribution in [2.45, 2.75) is 19.3 Å². The van der Waals surface area contributed by atoms with E-state index in [-0.39, 0.29) is 5.41 Å². The summed E-state index contributed by atoms with van der Waals surface area (Å²) in [5.41, 5.74) is 19.2. The van der Waals surface area contributed by atoms with Crippen LogP contribution in [0.5, 0.6) is 0 Å². The number of para-hydroxylation sites is 1. The Bertz CT molecular complexity index is 5680. The van der Waals surface area contributed by atoms with Crippen LogP contribution in [0.3, 0.4) is 0 Å². The highest BCUT2D eigenvalue weighted by Gasteiger charge is 2.35. The molecule has 390 valence electrons. The van der Waals surface area contributed by atoms with E-state index in [0.29, 0.717) is 0 Å². The highest BCUT2D eigenvalue weighted by molar-refractivity contribution is 6.31. The summed E-state index contributed by atoms with van der Waals surface area (Å²) in [7, 11) is 0. The first-order valence-electron chi connectivity index (χ1n) is 29.4. The van der Waals surface area contributed by atoms with Gasteiger partial charge < -0.3 is 4.42 Å². The van der Waals surface area contributed by atoms with E-state index in [1.54, 1.807) is 0 Å². The minimum Gasteiger partial charge on any atom is -0.456 e. The maximum Gasteiger partial charge on any atom is 0.136 e. The molecule has 0 radical (unpaired) electrons. The maximum absolute atomic E-state index is 6.34. The minimum absolute atomic E-state index is 0.0639. The van der Waals surface area contributed by atoms with Crippen molar-refractivity contribution < 1.29 is 4.42 Å². The van der Waals surface area contributed by atoms with Gasteiger partial charge in [-0.2, -0.15) is 0 Å². The van der Waals surface area contributed by atoms with Gasteiger partial charge in [-0.15, -0.1) is 0 Å². The van der Waals surface area contributed by atoms with Crippen LogP contribution >= 0.6 is 0 Å². The van der Waals surface area contributed by atoms with Crippen LogP contribution in [0.2, 0.25) is 0 Å². The predicted octanol–water partition coefficient (Wildman–Crippen LogP) is 23.5. The highest BCUT2D eigenvalue weighted by atomic mass is 16.3. The fraction of sp³-hybridized carbons (Fsp3) is 0.0361. The molecule has 0 saturated carbocycles. The Kier molecular flexibility index (Phi) is 9.92. The number of furan rings is 1. The second kappa shape index (κ2) is 17.7. The molecule has 0 saturated heterocycles. The van der Waals surface area contributed by atoms with Crippen molar-refractivity contribution in [3.8, 4) is 66.8 Å². The predicted molar refractivity (Wildman–Crippen MR) is 359 cm³/mol. The van der Waals surface area contributed by atoms with Gasteiger partial charge in [-0.25, -0.2) is 0 Å². The first kappa shape index (κ1) is 47.1. The molecule has 16 aromatic carbocycles. The van der Waals surface area contributed by atoms with E-state index >= 15 is 0 Å². The van der Waals surface area contributed by atoms with E-state index < -0.39 is 0 Å². The first-order valence-corrected chi connectivity index (χ1v) is 29.4. The third-order valence-corrected chi connectivity index (χ3v) is 19.0. The van der Waals surface area contributed by atoms with E-state index in [0.717, 1.165) is 33.1 Å². The molecule has 17 aromatic rings. The lowest BCUT2D eigenvalue weighted by Crippen LogP contribution is -2.14. The molecule has 1 aliphatic carbocycles. The zero-order valence-corrected chi connectivity index (χ0v) is 46.5. The van der Waals surface area contributed by atoms with Crippen molar-refractivity contribution in [2.24, 2.45) is 0 Å². The molecule has 0 spiro atoms. The second-order valence-electron chi connectivity index (χ2n) is 23.8. The minimum atomic E-state index is -0.0639. The van der Waals surface area contributed by atoms with E-state index in [1.807, 2.05) is 12.1 Å². The summed E-state index contributed by atoms with van der Waals surface area (Å²) < 4.78 is 6.34. The largest absolute Gasteiger partial charge is 0.456 e. The van der Waals surface area contributed by atoms with Crippen molar-refractivity contribution >= 4 is 108 Å². The maximum atomic E-state index is 6.34. The fourth-order valence-electron chi connectivity index (χ4n) is 14.9. The molecule has 0 amide bonds. The number of benzene rings is 16. The molecule has 1 nitrogen and oxygen atoms in total. The monoisotopic (exact) mass is 1060 g/mol. The van der Waals surface area contributed by atoms with Crippen molar-refractivity contribution in [3.05, 3.63) is 290 Å². The van der Waals surface area contributed by atoms with Gasteiger partial charge in [0.15, 0.2) is 0 Å². The van der Waals surface area contributed by atoms with Crippen LogP contribution in [0.4, 0.5) is 0 Å². The van der Waals surface area contributed by atoms with Crippen LogP contribution in [0, 0.1) is 0 Å². The third kappa shape index (κ3) is 6.90. The number of hydrogen-bond acceptors (Lipinski definition) is 1. The Balaban J connectivity index is 0.846. The smallest absolute Gasteiger partial charge is 0.136 e. The Morgan fingerprint density at radius 3 is 1.44 bits per heavy atom. The SMILES string of the molecule is CC1(C)c2ccccc2-c2ccc(-c3ccc(-c4cc5ccc6c7ccccc7ccc6c5c5cc(-c6cc7c8ccccc8ccc7c7c6cc(-c6ccc(-c8ccc9c(c8)oc8ccccc89)cc6)c6ccccc67)ccc45)cc3)cc21. The summed E-state index contributed by atoms with van der Waals surface area (Å²) in [4.78, 5) is 0. The molecule has 84 heavy (non-hydrogen) atoms. The zero-order chi connectivity index (χ0) is 55.4. The van der Waals surface area contributed by atoms with Gasteiger partial charge in [0.1, 0.15) is 11.2 Å². The summed E-state index contributed by atoms with van der Waals surface area (Å²) in [6.07, 6.45) is 0. The van der Waals surface area contributed by atoms with Crippen molar-refractivity contribution in [1.82, 2.24) is 0 Å². The van der Waals surface area contributed by atoms with Gasteiger partial charge in [-0.3, -0.25) is 0 Å². The zero-order valence-electron chi connectivity index (χ0n) is 46.5. The van der Waals surface area contributed by atoms with Gasteiger partial charge in [-0.05, 0) is 213 Å². The molecule has 0 bridgehead atoms. The number of fused-ring (bicyclic) bond motifs is 20. The quantitative estimate of drug-likeness (QED) is 0.157. The molecular formula is C83H52O. The van der Waals surface area contributed by atoms with Crippen molar-refractivity contribution in [2.75, 3.05) is 0 Å². The van der Waals surface area contributed by atoms with Gasteiger partial charge in [0.05, 0.1) is 0 Å². The average Bonchev–Trinajstić information content (AvgIpc) is 1.33. The lowest BCUT2D eigenvalue weighted by molar-refractivity contribution is 0.660. The standard InChI is InChI=1S/C83H52O/c1-83(2)77-21-11-9-18-64(77)65-39-33-55(45-78(65)83)49-23-27-53(28-24-49)71-44-58-36-38-62-59-15-5-3-13-51(59)31-41-69(62)81(58)75-43-57(35-37-63(71)75)73-47-74-60-16-6-4-14-52(60)32-42-70(74)82-68-20-8-7-17-61(68)72(48-76(73)82)54-29-25-50(26-30-54)56-34-40-67-66-19-10-12-22-79(66)84-80(67)46-56/h3-48H,1-2H3. The molecule has 0 unspecified atom stereocenters. The van der Waals surface area contributed by atoms with Crippen LogP contribution in [-0.2, 0) is 5.41 Å². The Hall–Kier alpha value is -10.6. The third-order valence-electron chi connectivity index (χ3n) is 19.0. The van der Waals surface area contributed by atoms with E-state index in [2.05, 4.69) is 281 Å². The number of hydrogen-bond donors (Lipinski definition) is 0. The lowest BCUT2D eigenvalue weighted by Gasteiger charge is -2.22. The molecule has 0 fully saturated rings. The van der Waals surface area contributed by atoms with Crippen molar-refractivity contribution in [3.63, 3.8) is 0 Å². The molecule has 0 atom stereocenters. The molecule has 1 heterocycles. The molecule has 1 heteroatoms. The molecule has 18 rings (SSSR count). The van der Waals surface area contributed by atoms with Crippen LogP contribution in [0.15, 0.2) is 283 Å². The van der Waals surface area contributed by atoms with E-state index in [4.69, 9.17) is 4.42 Å². The van der Waals surface area contributed by atoms with Gasteiger partial charge >= 0.3 is 0 Å².